The summed E-state index contributed by atoms with van der Waals surface area (Å²) in [6, 6.07) is 16.9. The Labute approximate surface area is 173 Å². The maximum Gasteiger partial charge on any atom is 0.230 e. The van der Waals surface area contributed by atoms with E-state index in [-0.39, 0.29) is 24.3 Å². The fourth-order valence-corrected chi connectivity index (χ4v) is 3.38. The van der Waals surface area contributed by atoms with Crippen LogP contribution in [-0.2, 0) is 18.4 Å². The van der Waals surface area contributed by atoms with Crippen LogP contribution in [0.4, 0.5) is 0 Å². The first-order valence-electron chi connectivity index (χ1n) is 8.76. The molecule has 1 unspecified atom stereocenters. The van der Waals surface area contributed by atoms with Crippen molar-refractivity contribution in [3.63, 3.8) is 0 Å². The number of amides is 1. The average molecular weight is 417 g/mol. The fraction of sp³-hybridized carbons (Fsp3) is 0.250. The number of ether oxygens (including phenoxy) is 1. The third-order valence-corrected chi connectivity index (χ3v) is 5.39. The van der Waals surface area contributed by atoms with E-state index in [0.717, 1.165) is 5.56 Å². The molecule has 2 aromatic carbocycles. The second-order valence-corrected chi connectivity index (χ2v) is 7.57. The van der Waals surface area contributed by atoms with Gasteiger partial charge in [0.25, 0.3) is 0 Å². The number of carbonyl (C=O) groups excluding carboxylic acids is 1. The summed E-state index contributed by atoms with van der Waals surface area (Å²) in [5.74, 6) is 1.59. The Bertz CT molecular complexity index is 916. The first-order chi connectivity index (χ1) is 13.5. The van der Waals surface area contributed by atoms with Crippen LogP contribution >= 0.6 is 23.4 Å². The predicted molar refractivity (Wildman–Crippen MR) is 111 cm³/mol. The Hall–Kier alpha value is -2.51. The summed E-state index contributed by atoms with van der Waals surface area (Å²) in [6.07, 6.45) is 0. The highest BCUT2D eigenvalue weighted by Crippen LogP contribution is 2.19. The van der Waals surface area contributed by atoms with Crippen molar-refractivity contribution in [1.82, 2.24) is 20.1 Å². The smallest absolute Gasteiger partial charge is 0.230 e. The molecule has 3 rings (SSSR count). The largest absolute Gasteiger partial charge is 0.486 e. The van der Waals surface area contributed by atoms with E-state index in [1.165, 1.54) is 11.8 Å². The summed E-state index contributed by atoms with van der Waals surface area (Å²) in [6.45, 7) is 2.25. The van der Waals surface area contributed by atoms with Crippen LogP contribution in [0.15, 0.2) is 59.8 Å². The maximum absolute atomic E-state index is 12.2. The van der Waals surface area contributed by atoms with Gasteiger partial charge in [0.2, 0.25) is 5.91 Å². The molecule has 8 heteroatoms. The number of rotatable bonds is 8. The van der Waals surface area contributed by atoms with Gasteiger partial charge in [0.1, 0.15) is 12.4 Å². The van der Waals surface area contributed by atoms with E-state index >= 15 is 0 Å². The molecule has 1 amide bonds. The summed E-state index contributed by atoms with van der Waals surface area (Å²) in [7, 11) is 1.85. The van der Waals surface area contributed by atoms with Crippen LogP contribution in [0.1, 0.15) is 24.4 Å². The van der Waals surface area contributed by atoms with E-state index in [1.54, 1.807) is 24.3 Å². The van der Waals surface area contributed by atoms with E-state index in [1.807, 2.05) is 48.9 Å². The van der Waals surface area contributed by atoms with Gasteiger partial charge in [0.05, 0.1) is 11.8 Å². The van der Waals surface area contributed by atoms with Gasteiger partial charge in [-0.05, 0) is 36.8 Å². The van der Waals surface area contributed by atoms with Crippen LogP contribution in [0.2, 0.25) is 5.02 Å². The summed E-state index contributed by atoms with van der Waals surface area (Å²) in [5, 5.41) is 12.6. The molecular formula is C20H21ClN4O2S. The second kappa shape index (κ2) is 9.61. The van der Waals surface area contributed by atoms with Crippen LogP contribution in [-0.4, -0.2) is 26.4 Å². The van der Waals surface area contributed by atoms with Gasteiger partial charge in [-0.15, -0.1) is 10.2 Å². The van der Waals surface area contributed by atoms with Crippen molar-refractivity contribution in [2.24, 2.45) is 7.05 Å². The number of halogens is 1. The molecule has 1 aromatic heterocycles. The Balaban J connectivity index is 1.49. The molecule has 0 aliphatic carbocycles. The van der Waals surface area contributed by atoms with Gasteiger partial charge >= 0.3 is 0 Å². The highest BCUT2D eigenvalue weighted by atomic mass is 35.5. The molecule has 6 nitrogen and oxygen atoms in total. The van der Waals surface area contributed by atoms with Crippen LogP contribution in [0.5, 0.6) is 5.75 Å². The minimum Gasteiger partial charge on any atom is -0.486 e. The van der Waals surface area contributed by atoms with Gasteiger partial charge in [-0.2, -0.15) is 0 Å². The van der Waals surface area contributed by atoms with Gasteiger partial charge in [0.15, 0.2) is 11.0 Å². The molecule has 3 aromatic rings. The van der Waals surface area contributed by atoms with Gasteiger partial charge in [0, 0.05) is 12.1 Å². The van der Waals surface area contributed by atoms with Crippen molar-refractivity contribution >= 4 is 29.3 Å². The Morgan fingerprint density at radius 2 is 1.89 bits per heavy atom. The van der Waals surface area contributed by atoms with Gasteiger partial charge in [-0.25, -0.2) is 0 Å². The summed E-state index contributed by atoms with van der Waals surface area (Å²) < 4.78 is 7.53. The molecule has 28 heavy (non-hydrogen) atoms. The van der Waals surface area contributed by atoms with Crippen molar-refractivity contribution in [1.29, 1.82) is 0 Å². The van der Waals surface area contributed by atoms with Crippen LogP contribution in [0, 0.1) is 0 Å². The number of aromatic nitrogens is 3. The Morgan fingerprint density at radius 3 is 2.61 bits per heavy atom. The van der Waals surface area contributed by atoms with Crippen molar-refractivity contribution in [3.8, 4) is 5.75 Å². The SMILES string of the molecule is CC(NC(=O)CSc1nnc(COc2ccc(Cl)cc2)n1C)c1ccccc1. The third kappa shape index (κ3) is 5.50. The minimum absolute atomic E-state index is 0.0443. The standard InChI is InChI=1S/C20H21ClN4O2S/c1-14(15-6-4-3-5-7-15)22-19(26)13-28-20-24-23-18(25(20)2)12-27-17-10-8-16(21)9-11-17/h3-11,14H,12-13H2,1-2H3,(H,22,26). The third-order valence-electron chi connectivity index (χ3n) is 4.12. The number of thioether (sulfide) groups is 1. The summed E-state index contributed by atoms with van der Waals surface area (Å²) in [4.78, 5) is 12.2. The molecular weight excluding hydrogens is 396 g/mol. The van der Waals surface area contributed by atoms with E-state index in [9.17, 15) is 4.79 Å². The topological polar surface area (TPSA) is 69.0 Å². The van der Waals surface area contributed by atoms with Crippen LogP contribution in [0.3, 0.4) is 0 Å². The molecule has 0 spiro atoms. The summed E-state index contributed by atoms with van der Waals surface area (Å²) >= 11 is 7.21. The van der Waals surface area contributed by atoms with Crippen molar-refractivity contribution in [2.75, 3.05) is 5.75 Å². The first-order valence-corrected chi connectivity index (χ1v) is 10.1. The Kier molecular flexibility index (Phi) is 6.95. The molecule has 0 aliphatic heterocycles. The Morgan fingerprint density at radius 1 is 1.18 bits per heavy atom. The van der Waals surface area contributed by atoms with Crippen molar-refractivity contribution in [3.05, 3.63) is 71.0 Å². The molecule has 0 aliphatic rings. The molecule has 146 valence electrons. The van der Waals surface area contributed by atoms with Crippen molar-refractivity contribution < 1.29 is 9.53 Å². The lowest BCUT2D eigenvalue weighted by molar-refractivity contribution is -0.119. The summed E-state index contributed by atoms with van der Waals surface area (Å²) in [5.41, 5.74) is 1.07. The van der Waals surface area contributed by atoms with E-state index in [0.29, 0.717) is 21.8 Å². The van der Waals surface area contributed by atoms with Crippen LogP contribution < -0.4 is 10.1 Å². The fourth-order valence-electron chi connectivity index (χ4n) is 2.51. The molecule has 0 saturated heterocycles. The predicted octanol–water partition coefficient (Wildman–Crippen LogP) is 4.02. The van der Waals surface area contributed by atoms with E-state index in [2.05, 4.69) is 15.5 Å². The lowest BCUT2D eigenvalue weighted by atomic mass is 10.1. The zero-order chi connectivity index (χ0) is 19.9. The number of benzene rings is 2. The lowest BCUT2D eigenvalue weighted by Crippen LogP contribution is -2.28. The highest BCUT2D eigenvalue weighted by Gasteiger charge is 2.14. The van der Waals surface area contributed by atoms with E-state index < -0.39 is 0 Å². The first kappa shape index (κ1) is 20.2. The van der Waals surface area contributed by atoms with Gasteiger partial charge in [-0.1, -0.05) is 53.7 Å². The number of nitrogens with one attached hydrogen (secondary N) is 1. The number of nitrogens with zero attached hydrogens (tertiary/aromatic N) is 3. The van der Waals surface area contributed by atoms with Gasteiger partial charge < -0.3 is 14.6 Å². The normalized spacial score (nSPS) is 11.8. The maximum atomic E-state index is 12.2. The number of hydrogen-bond donors (Lipinski definition) is 1. The molecule has 1 N–H and O–H groups in total. The zero-order valence-corrected chi connectivity index (χ0v) is 17.2. The molecule has 0 fully saturated rings. The van der Waals surface area contributed by atoms with E-state index in [4.69, 9.17) is 16.3 Å². The average Bonchev–Trinajstić information content (AvgIpc) is 3.06. The molecule has 0 bridgehead atoms. The lowest BCUT2D eigenvalue weighted by Gasteiger charge is -2.14. The minimum atomic E-state index is -0.0525. The number of hydrogen-bond acceptors (Lipinski definition) is 5. The van der Waals surface area contributed by atoms with Crippen LogP contribution in [0.25, 0.3) is 0 Å². The monoisotopic (exact) mass is 416 g/mol. The zero-order valence-electron chi connectivity index (χ0n) is 15.6. The molecule has 0 saturated carbocycles. The molecule has 0 radical (unpaired) electrons. The van der Waals surface area contributed by atoms with Crippen molar-refractivity contribution in [2.45, 2.75) is 24.7 Å². The molecule has 1 heterocycles. The number of carbonyl (C=O) groups is 1. The highest BCUT2D eigenvalue weighted by molar-refractivity contribution is 7.99. The van der Waals surface area contributed by atoms with Gasteiger partial charge in [-0.3, -0.25) is 4.79 Å². The second-order valence-electron chi connectivity index (χ2n) is 6.19. The molecule has 1 atom stereocenters. The quantitative estimate of drug-likeness (QED) is 0.562.